The lowest BCUT2D eigenvalue weighted by molar-refractivity contribution is 0.275. The Kier molecular flexibility index (Phi) is 4.60. The van der Waals surface area contributed by atoms with E-state index in [9.17, 15) is 0 Å². The van der Waals surface area contributed by atoms with Crippen molar-refractivity contribution >= 4 is 11.3 Å². The third-order valence-corrected chi connectivity index (χ3v) is 4.87. The first kappa shape index (κ1) is 13.1. The molecule has 2 rings (SSSR count). The molecule has 0 bridgehead atoms. The zero-order valence-electron chi connectivity index (χ0n) is 11.2. The molecule has 0 saturated carbocycles. The minimum absolute atomic E-state index is 0.638. The van der Waals surface area contributed by atoms with E-state index in [0.29, 0.717) is 6.04 Å². The summed E-state index contributed by atoms with van der Waals surface area (Å²) in [5.74, 6) is 0.781. The van der Waals surface area contributed by atoms with Crippen LogP contribution < -0.4 is 5.32 Å². The molecule has 0 aliphatic carbocycles. The lowest BCUT2D eigenvalue weighted by Gasteiger charge is -2.25. The number of hydrogen-bond acceptors (Lipinski definition) is 3. The highest BCUT2D eigenvalue weighted by Crippen LogP contribution is 2.39. The Labute approximate surface area is 109 Å². The zero-order valence-corrected chi connectivity index (χ0v) is 12.0. The molecule has 1 fully saturated rings. The third-order valence-electron chi connectivity index (χ3n) is 3.78. The summed E-state index contributed by atoms with van der Waals surface area (Å²) in [5.41, 5.74) is 1.47. The normalized spacial score (nSPS) is 25.6. The average molecular weight is 252 g/mol. The van der Waals surface area contributed by atoms with Gasteiger partial charge in [-0.2, -0.15) is 0 Å². The summed E-state index contributed by atoms with van der Waals surface area (Å²) in [6.07, 6.45) is 2.56. The van der Waals surface area contributed by atoms with Crippen LogP contribution in [0.5, 0.6) is 0 Å². The number of likely N-dealkylation sites (tertiary alicyclic amines) is 1. The standard InChI is InChI=1S/C14H24N2S/c1-4-7-15-10-12-5-8-16(3)13(12)14-11(2)6-9-17-14/h6,9,12-13,15H,4-5,7-8,10H2,1-3H3. The van der Waals surface area contributed by atoms with E-state index in [1.807, 2.05) is 11.3 Å². The molecule has 0 aromatic carbocycles. The number of hydrogen-bond donors (Lipinski definition) is 1. The fraction of sp³-hybridized carbons (Fsp3) is 0.714. The lowest BCUT2D eigenvalue weighted by Crippen LogP contribution is -2.28. The van der Waals surface area contributed by atoms with Gasteiger partial charge in [0.2, 0.25) is 0 Å². The Balaban J connectivity index is 2.04. The van der Waals surface area contributed by atoms with Crippen LogP contribution in [-0.4, -0.2) is 31.6 Å². The van der Waals surface area contributed by atoms with Crippen molar-refractivity contribution in [3.8, 4) is 0 Å². The number of nitrogens with zero attached hydrogens (tertiary/aromatic N) is 1. The number of nitrogens with one attached hydrogen (secondary N) is 1. The summed E-state index contributed by atoms with van der Waals surface area (Å²) in [4.78, 5) is 4.10. The first-order chi connectivity index (χ1) is 8.24. The van der Waals surface area contributed by atoms with Crippen molar-refractivity contribution in [3.63, 3.8) is 0 Å². The van der Waals surface area contributed by atoms with Gasteiger partial charge in [0.15, 0.2) is 0 Å². The molecule has 2 atom stereocenters. The van der Waals surface area contributed by atoms with E-state index >= 15 is 0 Å². The third kappa shape index (κ3) is 2.90. The Hall–Kier alpha value is -0.380. The Morgan fingerprint density at radius 3 is 3.00 bits per heavy atom. The van der Waals surface area contributed by atoms with Crippen molar-refractivity contribution in [1.29, 1.82) is 0 Å². The van der Waals surface area contributed by atoms with Crippen molar-refractivity contribution in [1.82, 2.24) is 10.2 Å². The molecule has 17 heavy (non-hydrogen) atoms. The molecule has 1 aliphatic heterocycles. The molecule has 1 saturated heterocycles. The molecule has 2 heterocycles. The van der Waals surface area contributed by atoms with Crippen LogP contribution in [0.15, 0.2) is 11.4 Å². The fourth-order valence-corrected chi connectivity index (χ4v) is 3.99. The monoisotopic (exact) mass is 252 g/mol. The molecule has 3 heteroatoms. The molecule has 2 nitrogen and oxygen atoms in total. The van der Waals surface area contributed by atoms with Crippen LogP contribution in [0, 0.1) is 12.8 Å². The predicted octanol–water partition coefficient (Wildman–Crippen LogP) is 3.05. The highest BCUT2D eigenvalue weighted by Gasteiger charge is 2.33. The zero-order chi connectivity index (χ0) is 12.3. The first-order valence-electron chi connectivity index (χ1n) is 6.69. The topological polar surface area (TPSA) is 15.3 Å². The summed E-state index contributed by atoms with van der Waals surface area (Å²) in [5, 5.41) is 5.82. The maximum Gasteiger partial charge on any atom is 0.0481 e. The maximum absolute atomic E-state index is 3.59. The quantitative estimate of drug-likeness (QED) is 0.810. The van der Waals surface area contributed by atoms with E-state index in [4.69, 9.17) is 0 Å². The van der Waals surface area contributed by atoms with Crippen molar-refractivity contribution in [2.24, 2.45) is 5.92 Å². The van der Waals surface area contributed by atoms with E-state index in [-0.39, 0.29) is 0 Å². The number of thiophene rings is 1. The van der Waals surface area contributed by atoms with Gasteiger partial charge in [-0.1, -0.05) is 6.92 Å². The summed E-state index contributed by atoms with van der Waals surface area (Å²) < 4.78 is 0. The van der Waals surface area contributed by atoms with Gasteiger partial charge in [-0.3, -0.25) is 4.90 Å². The van der Waals surface area contributed by atoms with Crippen LogP contribution in [0.2, 0.25) is 0 Å². The minimum atomic E-state index is 0.638. The Bertz CT molecular complexity index is 348. The molecule has 96 valence electrons. The van der Waals surface area contributed by atoms with Crippen LogP contribution in [0.4, 0.5) is 0 Å². The van der Waals surface area contributed by atoms with E-state index in [1.165, 1.54) is 31.5 Å². The van der Waals surface area contributed by atoms with Crippen molar-refractivity contribution in [2.45, 2.75) is 32.7 Å². The van der Waals surface area contributed by atoms with Crippen LogP contribution >= 0.6 is 11.3 Å². The largest absolute Gasteiger partial charge is 0.316 e. The van der Waals surface area contributed by atoms with Crippen LogP contribution in [0.25, 0.3) is 0 Å². The smallest absolute Gasteiger partial charge is 0.0481 e. The van der Waals surface area contributed by atoms with Gasteiger partial charge in [0.05, 0.1) is 0 Å². The van der Waals surface area contributed by atoms with E-state index in [2.05, 4.69) is 42.6 Å². The van der Waals surface area contributed by atoms with Gasteiger partial charge in [0.1, 0.15) is 0 Å². The van der Waals surface area contributed by atoms with Gasteiger partial charge in [0, 0.05) is 10.9 Å². The van der Waals surface area contributed by atoms with Crippen LogP contribution in [0.1, 0.15) is 36.2 Å². The van der Waals surface area contributed by atoms with E-state index in [1.54, 1.807) is 4.88 Å². The van der Waals surface area contributed by atoms with Crippen molar-refractivity contribution in [3.05, 3.63) is 21.9 Å². The van der Waals surface area contributed by atoms with E-state index in [0.717, 1.165) is 12.5 Å². The molecule has 0 spiro atoms. The number of aryl methyl sites for hydroxylation is 1. The van der Waals surface area contributed by atoms with Crippen molar-refractivity contribution < 1.29 is 0 Å². The highest BCUT2D eigenvalue weighted by atomic mass is 32.1. The molecule has 2 unspecified atom stereocenters. The molecule has 1 aromatic rings. The number of rotatable bonds is 5. The van der Waals surface area contributed by atoms with Crippen molar-refractivity contribution in [2.75, 3.05) is 26.7 Å². The lowest BCUT2D eigenvalue weighted by atomic mass is 9.97. The molecule has 0 radical (unpaired) electrons. The summed E-state index contributed by atoms with van der Waals surface area (Å²) in [6.45, 7) is 8.03. The Morgan fingerprint density at radius 1 is 1.53 bits per heavy atom. The van der Waals surface area contributed by atoms with Gasteiger partial charge in [0.25, 0.3) is 0 Å². The SMILES string of the molecule is CCCNCC1CCN(C)C1c1sccc1C. The first-order valence-corrected chi connectivity index (χ1v) is 7.57. The second-order valence-electron chi connectivity index (χ2n) is 5.15. The summed E-state index contributed by atoms with van der Waals surface area (Å²) >= 11 is 1.92. The maximum atomic E-state index is 3.59. The van der Waals surface area contributed by atoms with Gasteiger partial charge >= 0.3 is 0 Å². The van der Waals surface area contributed by atoms with Crippen LogP contribution in [-0.2, 0) is 0 Å². The molecular weight excluding hydrogens is 228 g/mol. The minimum Gasteiger partial charge on any atom is -0.316 e. The van der Waals surface area contributed by atoms with Gasteiger partial charge in [-0.05, 0) is 69.4 Å². The average Bonchev–Trinajstić information content (AvgIpc) is 2.86. The van der Waals surface area contributed by atoms with Gasteiger partial charge < -0.3 is 5.32 Å². The molecule has 0 amide bonds. The Morgan fingerprint density at radius 2 is 2.35 bits per heavy atom. The predicted molar refractivity (Wildman–Crippen MR) is 75.7 cm³/mol. The second kappa shape index (κ2) is 5.98. The second-order valence-corrected chi connectivity index (χ2v) is 6.09. The molecule has 1 aliphatic rings. The van der Waals surface area contributed by atoms with Gasteiger partial charge in [-0.15, -0.1) is 11.3 Å². The highest BCUT2D eigenvalue weighted by molar-refractivity contribution is 7.10. The summed E-state index contributed by atoms with van der Waals surface area (Å²) in [7, 11) is 2.27. The fourth-order valence-electron chi connectivity index (χ4n) is 2.81. The van der Waals surface area contributed by atoms with E-state index < -0.39 is 0 Å². The molecule has 1 N–H and O–H groups in total. The molecular formula is C14H24N2S. The van der Waals surface area contributed by atoms with Crippen LogP contribution in [0.3, 0.4) is 0 Å². The molecule has 1 aromatic heterocycles. The van der Waals surface area contributed by atoms with Gasteiger partial charge in [-0.25, -0.2) is 0 Å². The summed E-state index contributed by atoms with van der Waals surface area (Å²) in [6, 6.07) is 2.89.